The predicted molar refractivity (Wildman–Crippen MR) is 250 cm³/mol. The van der Waals surface area contributed by atoms with Crippen molar-refractivity contribution < 1.29 is 72.3 Å². The van der Waals surface area contributed by atoms with Crippen molar-refractivity contribution in [2.24, 2.45) is 41.4 Å². The van der Waals surface area contributed by atoms with Gasteiger partial charge < -0.3 is 39.2 Å². The molecule has 0 aromatic heterocycles. The zero-order valence-electron chi connectivity index (χ0n) is 42.9. The third kappa shape index (κ3) is 35.3. The van der Waals surface area contributed by atoms with E-state index >= 15 is 0 Å². The zero-order chi connectivity index (χ0) is 51.7. The molecule has 0 aliphatic heterocycles. The van der Waals surface area contributed by atoms with E-state index in [1.165, 1.54) is 0 Å². The number of esters is 4. The number of benzene rings is 1. The second-order valence-electron chi connectivity index (χ2n) is 21.2. The van der Waals surface area contributed by atoms with Gasteiger partial charge in [0.1, 0.15) is 22.8 Å². The third-order valence-corrected chi connectivity index (χ3v) is 8.44. The normalized spacial score (nSPS) is 13.4. The van der Waals surface area contributed by atoms with Crippen molar-refractivity contribution in [3.05, 3.63) is 35.9 Å². The molecule has 16 heteroatoms. The third-order valence-electron chi connectivity index (χ3n) is 8.44. The standard InChI is InChI=1S/C21H31NO5.C17H30O6.C12H22O4/c1-14(2)11-16(13-18(23)27-21(3,4)5)19(24)22-17(20(25)26)12-15-9-7-6-8-10-15;1-11(2)8-13(9-14(18)23-17(5,6)7)15(19)22-16(20)21-10-12(3)4;1-8(2)6-9(11(14)15)7-10(13)16-12(3,4)5/h6-10,14,16-17H,11-13H2,1-5H3,(H,22,24)(H,25,26);11-13H,8-10H2,1-7H3;8-9H,6-7H2,1-5H3,(H,14,15)/t16-,17+;13-;9-/m111/s1. The summed E-state index contributed by atoms with van der Waals surface area (Å²) in [7, 11) is 0. The summed E-state index contributed by atoms with van der Waals surface area (Å²) >= 11 is 0. The molecule has 66 heavy (non-hydrogen) atoms. The Balaban J connectivity index is 0. The summed E-state index contributed by atoms with van der Waals surface area (Å²) in [6.45, 7) is 31.4. The summed E-state index contributed by atoms with van der Waals surface area (Å²) in [5.41, 5.74) is -0.998. The molecule has 0 aliphatic rings. The summed E-state index contributed by atoms with van der Waals surface area (Å²) in [5, 5.41) is 21.0. The quantitative estimate of drug-likeness (QED) is 0.0591. The number of carbonyl (C=O) groups is 8. The highest BCUT2D eigenvalue weighted by Crippen LogP contribution is 2.22. The zero-order valence-corrected chi connectivity index (χ0v) is 42.9. The van der Waals surface area contributed by atoms with Gasteiger partial charge in [-0.25, -0.2) is 9.59 Å². The molecular formula is C50H83NO15. The average molecular weight is 938 g/mol. The molecule has 0 heterocycles. The summed E-state index contributed by atoms with van der Waals surface area (Å²) in [4.78, 5) is 94.3. The Morgan fingerprint density at radius 2 is 0.909 bits per heavy atom. The molecule has 0 radical (unpaired) electrons. The second-order valence-corrected chi connectivity index (χ2v) is 21.2. The van der Waals surface area contributed by atoms with E-state index in [4.69, 9.17) is 24.1 Å². The minimum atomic E-state index is -1.10. The molecule has 0 spiro atoms. The first-order chi connectivity index (χ1) is 30.0. The van der Waals surface area contributed by atoms with Gasteiger partial charge in [-0.1, -0.05) is 85.7 Å². The maximum Gasteiger partial charge on any atom is 0.516 e. The molecule has 0 saturated carbocycles. The lowest BCUT2D eigenvalue weighted by atomic mass is 9.92. The molecular weight excluding hydrogens is 855 g/mol. The van der Waals surface area contributed by atoms with Crippen LogP contribution in [0.3, 0.4) is 0 Å². The molecule has 1 rings (SSSR count). The lowest BCUT2D eigenvalue weighted by Crippen LogP contribution is -2.45. The van der Waals surface area contributed by atoms with Crippen molar-refractivity contribution in [1.29, 1.82) is 0 Å². The fourth-order valence-corrected chi connectivity index (χ4v) is 6.05. The van der Waals surface area contributed by atoms with E-state index in [0.29, 0.717) is 19.3 Å². The number of rotatable bonds is 21. The topological polar surface area (TPSA) is 235 Å². The SMILES string of the molecule is CC(C)COC(=O)OC(=O)[C@@H](CC(=O)OC(C)(C)C)CC(C)C.CC(C)C[C@H](CC(=O)OC(C)(C)C)C(=O)N[C@@H](Cc1ccccc1)C(=O)O.CC(C)C[C@H](CC(=O)OC(C)(C)C)C(=O)O. The Morgan fingerprint density at radius 3 is 1.27 bits per heavy atom. The smallest absolute Gasteiger partial charge is 0.481 e. The van der Waals surface area contributed by atoms with E-state index in [0.717, 1.165) is 5.56 Å². The molecule has 0 bridgehead atoms. The monoisotopic (exact) mass is 938 g/mol. The fraction of sp³-hybridized carbons (Fsp3) is 0.720. The van der Waals surface area contributed by atoms with E-state index in [-0.39, 0.29) is 56.0 Å². The van der Waals surface area contributed by atoms with Crippen LogP contribution in [0, 0.1) is 41.4 Å². The Labute approximate surface area is 393 Å². The summed E-state index contributed by atoms with van der Waals surface area (Å²) in [6, 6.07) is 8.06. The number of amides is 1. The van der Waals surface area contributed by atoms with Crippen molar-refractivity contribution in [2.45, 2.75) is 185 Å². The molecule has 0 saturated heterocycles. The van der Waals surface area contributed by atoms with Crippen LogP contribution in [0.15, 0.2) is 30.3 Å². The molecule has 0 aliphatic carbocycles. The van der Waals surface area contributed by atoms with Gasteiger partial charge in [-0.05, 0) is 111 Å². The van der Waals surface area contributed by atoms with Crippen molar-refractivity contribution in [3.63, 3.8) is 0 Å². The molecule has 3 N–H and O–H groups in total. The van der Waals surface area contributed by atoms with Gasteiger partial charge in [-0.15, -0.1) is 0 Å². The molecule has 1 amide bonds. The van der Waals surface area contributed by atoms with Crippen molar-refractivity contribution in [2.75, 3.05) is 6.61 Å². The van der Waals surface area contributed by atoms with Crippen molar-refractivity contribution >= 4 is 47.9 Å². The van der Waals surface area contributed by atoms with Crippen LogP contribution in [0.4, 0.5) is 4.79 Å². The Kier molecular flexibility index (Phi) is 29.0. The second kappa shape index (κ2) is 30.3. The van der Waals surface area contributed by atoms with Gasteiger partial charge in [0.15, 0.2) is 0 Å². The summed E-state index contributed by atoms with van der Waals surface area (Å²) < 4.78 is 25.1. The number of hydrogen-bond acceptors (Lipinski definition) is 13. The van der Waals surface area contributed by atoms with Crippen molar-refractivity contribution in [3.8, 4) is 0 Å². The van der Waals surface area contributed by atoms with Gasteiger partial charge >= 0.3 is 42.0 Å². The minimum absolute atomic E-state index is 0.0508. The number of ether oxygens (including phenoxy) is 5. The predicted octanol–water partition coefficient (Wildman–Crippen LogP) is 9.37. The van der Waals surface area contributed by atoms with Crippen LogP contribution in [0.1, 0.15) is 162 Å². The lowest BCUT2D eigenvalue weighted by Gasteiger charge is -2.24. The molecule has 0 unspecified atom stereocenters. The average Bonchev–Trinajstić information content (AvgIpc) is 3.11. The van der Waals surface area contributed by atoms with Gasteiger partial charge in [0, 0.05) is 12.3 Å². The maximum absolute atomic E-state index is 12.7. The van der Waals surface area contributed by atoms with Crippen LogP contribution in [0.5, 0.6) is 0 Å². The Morgan fingerprint density at radius 1 is 0.530 bits per heavy atom. The van der Waals surface area contributed by atoms with Crippen LogP contribution in [0.25, 0.3) is 0 Å². The summed E-state index contributed by atoms with van der Waals surface area (Å²) in [6.07, 6.45) is 0.312. The number of aliphatic carboxylic acids is 2. The van der Waals surface area contributed by atoms with E-state index in [9.17, 15) is 43.5 Å². The molecule has 4 atom stereocenters. The molecule has 16 nitrogen and oxygen atoms in total. The maximum atomic E-state index is 12.7. The molecule has 378 valence electrons. The van der Waals surface area contributed by atoms with Crippen LogP contribution < -0.4 is 5.32 Å². The van der Waals surface area contributed by atoms with Gasteiger partial charge in [0.25, 0.3) is 0 Å². The van der Waals surface area contributed by atoms with Gasteiger partial charge in [0.2, 0.25) is 5.91 Å². The summed E-state index contributed by atoms with van der Waals surface area (Å²) in [5.74, 6) is -5.86. The van der Waals surface area contributed by atoms with Gasteiger partial charge in [-0.3, -0.25) is 28.8 Å². The van der Waals surface area contributed by atoms with Gasteiger partial charge in [-0.2, -0.15) is 0 Å². The minimum Gasteiger partial charge on any atom is -0.481 e. The Hall–Kier alpha value is -5.02. The van der Waals surface area contributed by atoms with E-state index < -0.39 is 88.5 Å². The highest BCUT2D eigenvalue weighted by Gasteiger charge is 2.31. The first kappa shape index (κ1) is 63.1. The van der Waals surface area contributed by atoms with E-state index in [1.807, 2.05) is 85.7 Å². The number of hydrogen-bond donors (Lipinski definition) is 3. The highest BCUT2D eigenvalue weighted by molar-refractivity contribution is 5.88. The number of carbonyl (C=O) groups excluding carboxylic acids is 6. The molecule has 0 fully saturated rings. The molecule has 1 aromatic carbocycles. The van der Waals surface area contributed by atoms with Gasteiger partial charge in [0.05, 0.1) is 37.7 Å². The van der Waals surface area contributed by atoms with Crippen LogP contribution in [0.2, 0.25) is 0 Å². The Bertz CT molecular complexity index is 1660. The first-order valence-electron chi connectivity index (χ1n) is 22.8. The first-order valence-corrected chi connectivity index (χ1v) is 22.8. The van der Waals surface area contributed by atoms with Crippen LogP contribution >= 0.6 is 0 Å². The largest absolute Gasteiger partial charge is 0.516 e. The highest BCUT2D eigenvalue weighted by atomic mass is 16.7. The lowest BCUT2D eigenvalue weighted by molar-refractivity contribution is -0.161. The van der Waals surface area contributed by atoms with Crippen LogP contribution in [-0.4, -0.2) is 87.5 Å². The van der Waals surface area contributed by atoms with Crippen LogP contribution in [-0.2, 0) is 63.7 Å². The van der Waals surface area contributed by atoms with E-state index in [2.05, 4.69) is 10.1 Å². The van der Waals surface area contributed by atoms with E-state index in [1.54, 1.807) is 62.3 Å². The number of nitrogens with one attached hydrogen (secondary N) is 1. The number of carboxylic acid groups (broad SMARTS) is 2. The van der Waals surface area contributed by atoms with Crippen molar-refractivity contribution in [1.82, 2.24) is 5.32 Å². The number of carboxylic acids is 2. The molecule has 1 aromatic rings. The fourth-order valence-electron chi connectivity index (χ4n) is 6.05.